The van der Waals surface area contributed by atoms with E-state index < -0.39 is 202 Å². The number of esters is 3. The average Bonchev–Trinajstić information content (AvgIpc) is 1.79. The van der Waals surface area contributed by atoms with Gasteiger partial charge >= 0.3 is 99.3 Å². The van der Waals surface area contributed by atoms with Crippen molar-refractivity contribution in [1.82, 2.24) is 9.88 Å². The third kappa shape index (κ3) is 59.4. The van der Waals surface area contributed by atoms with Crippen molar-refractivity contribution in [3.05, 3.63) is 311 Å². The number of rotatable bonds is 21. The molecule has 2 radical (unpaired) electrons. The van der Waals surface area contributed by atoms with E-state index in [1.54, 1.807) is 109 Å². The van der Waals surface area contributed by atoms with E-state index >= 15 is 0 Å². The van der Waals surface area contributed by atoms with Crippen molar-refractivity contribution in [1.29, 1.82) is 0 Å². The van der Waals surface area contributed by atoms with Crippen molar-refractivity contribution < 1.29 is 177 Å². The van der Waals surface area contributed by atoms with Crippen molar-refractivity contribution in [2.45, 2.75) is 69.7 Å². The van der Waals surface area contributed by atoms with Crippen LogP contribution in [-0.2, 0) is 44.2 Å². The van der Waals surface area contributed by atoms with Gasteiger partial charge in [0.1, 0.15) is 0 Å². The van der Waals surface area contributed by atoms with E-state index in [9.17, 15) is 125 Å². The minimum atomic E-state index is -4.67. The summed E-state index contributed by atoms with van der Waals surface area (Å²) in [7, 11) is 11.3. The SMILES string of the molecule is C.CCO.CCOC(=O)c1cc([N+](=O)[O-])cc([N+](=O)[O-])c1/C=C/N(C)C.CCOC(=O)c1cc([N+](=O)[O-])cc([N+](=O)[O-])c1C.CCOC(=O)c1cc([N+](=O)[O-])cc2[nH]ccc12.Cc1c(C(=O)O)cc([N+](=O)[O-])cc1[N+](=O)[O-].Cc1c(C(=O)O)cc([N+](=O)[O-])cc1[N+](=O)[O-].Cc1ccccc1C(=O)O.Cc1ccccc1C(=O)O.O=S(=O)(O)O.O=S(=O)(O)O.O=S(Cl)Cl.O=[N+]([O-])O.O=[N+]([O-])O.[Cl][Sn][Cl]. The fraction of sp³-hybridized carbons (Fsp3) is 0.232. The fourth-order valence-electron chi connectivity index (χ4n) is 8.72. The van der Waals surface area contributed by atoms with Gasteiger partial charge in [0, 0.05) is 107 Å². The van der Waals surface area contributed by atoms with Crippen LogP contribution in [0.15, 0.2) is 128 Å². The van der Waals surface area contributed by atoms with Crippen molar-refractivity contribution in [2.75, 3.05) is 40.5 Å². The normalized spacial score (nSPS) is 9.57. The molecule has 0 aliphatic rings. The molecule has 8 rings (SSSR count). The maximum absolute atomic E-state index is 11.9. The third-order valence-corrected chi connectivity index (χ3v) is 14.0. The second-order valence-electron chi connectivity index (χ2n) is 23.3. The Balaban J connectivity index is -0.000000279. The molecule has 0 amide bonds. The fourth-order valence-corrected chi connectivity index (χ4v) is 8.72. The molecule has 1 heterocycles. The topological polar surface area (TPSA) is 949 Å². The van der Waals surface area contributed by atoms with Crippen molar-refractivity contribution in [2.24, 2.45) is 0 Å². The van der Waals surface area contributed by atoms with Crippen LogP contribution in [0.4, 0.5) is 51.2 Å². The van der Waals surface area contributed by atoms with E-state index in [1.807, 2.05) is 12.1 Å². The molecule has 61 nitrogen and oxygen atoms in total. The van der Waals surface area contributed by atoms with Gasteiger partial charge in [-0.05, 0) is 104 Å². The molecular formula is C69H79Cl4N13O48S3Sn. The van der Waals surface area contributed by atoms with Crippen LogP contribution in [-0.4, -0.2) is 241 Å². The number of aromatic carboxylic acids is 4. The Morgan fingerprint density at radius 2 is 0.645 bits per heavy atom. The van der Waals surface area contributed by atoms with Gasteiger partial charge in [0.2, 0.25) is 9.23 Å². The zero-order chi connectivity index (χ0) is 108. The number of fused-ring (bicyclic) bond motifs is 1. The summed E-state index contributed by atoms with van der Waals surface area (Å²) in [6.07, 6.45) is 4.46. The number of aromatic nitrogens is 1. The number of carboxylic acids is 4. The van der Waals surface area contributed by atoms with Gasteiger partial charge in [0.25, 0.3) is 61.4 Å². The molecule has 0 spiro atoms. The number of aromatic amines is 1. The first-order valence-corrected chi connectivity index (χ1v) is 47.6. The number of aliphatic hydroxyl groups is 1. The maximum atomic E-state index is 11.9. The van der Waals surface area contributed by atoms with Gasteiger partial charge in [-0.25, -0.2) is 37.8 Å². The zero-order valence-electron chi connectivity index (χ0n) is 71.2. The second-order valence-corrected chi connectivity index (χ2v) is 31.9. The predicted molar refractivity (Wildman–Crippen MR) is 482 cm³/mol. The number of non-ortho nitro benzene ring substituents is 5. The van der Waals surface area contributed by atoms with E-state index in [1.165, 1.54) is 45.2 Å². The molecule has 0 saturated carbocycles. The number of aliphatic hydroxyl groups excluding tert-OH is 1. The molecule has 0 bridgehead atoms. The van der Waals surface area contributed by atoms with Crippen LogP contribution < -0.4 is 0 Å². The Bertz CT molecular complexity index is 5630. The Labute approximate surface area is 802 Å². The average molecular weight is 2220 g/mol. The van der Waals surface area contributed by atoms with E-state index in [0.29, 0.717) is 22.0 Å². The molecule has 0 fully saturated rings. The Kier molecular flexibility index (Phi) is 68.4. The second kappa shape index (κ2) is 69.5. The molecule has 758 valence electrons. The number of nitro benzene ring substituents is 9. The first-order valence-electron chi connectivity index (χ1n) is 34.7. The number of carbonyl (C=O) groups excluding carboxylic acids is 3. The molecule has 8 aromatic rings. The first-order chi connectivity index (χ1) is 62.9. The van der Waals surface area contributed by atoms with E-state index in [4.69, 9.17) is 127 Å². The standard InChI is InChI=1S/C13H15N3O6.C11H10N2O4.C10H10N2O6.2C8H6N2O6.2C8H8O2.C2H6O.CH4.Cl2OS.2ClH.2HNO3.2H2O4S.Sn/c1-4-22-13(17)11-7-9(15(18)19)8-12(16(20)21)10(11)5-6-14(2)3;1-2-17-11(14)9-5-7(13(15)16)6-10-8(9)3-4-12-10;1-3-18-10(13)8-4-7(11(14)15)5-9(6(8)2)12(16)17;2*1-4-6(8(11)12)2-5(9(13)14)3-7(4)10(15)16;2*1-6-4-2-3-5-7(6)8(9)10;1-2-3;;1-4(2)3;;;2*2-1(3)4;2*1-5(2,3)4;/h5-8H,4H2,1-3H3;3-6,12H,2H2,1H3;4-5H,3H2,1-2H3;2*2-3H,1H3,(H,11,12);2*2-5H,1H3,(H,9,10);3H,2H2,1H3;1H4;;2*1H;2*(H,2,3,4);2*(H2,1,2,3,4);/q;;;;;;;;;;;;;;;;+2/p-2/b6-5+;;;;;;;;;;;;;;;;. The van der Waals surface area contributed by atoms with Crippen molar-refractivity contribution in [3.63, 3.8) is 0 Å². The molecule has 0 unspecified atom stereocenters. The number of H-pyrrole nitrogens is 1. The van der Waals surface area contributed by atoms with Gasteiger partial charge in [-0.3, -0.25) is 109 Å². The molecule has 1 aromatic heterocycles. The summed E-state index contributed by atoms with van der Waals surface area (Å²) in [5, 5.41) is 166. The monoisotopic (exact) mass is 2210 g/mol. The van der Waals surface area contributed by atoms with Crippen LogP contribution in [0.3, 0.4) is 0 Å². The van der Waals surface area contributed by atoms with Crippen molar-refractivity contribution >= 4 is 198 Å². The van der Waals surface area contributed by atoms with Gasteiger partial charge < -0.3 is 60.0 Å². The summed E-state index contributed by atoms with van der Waals surface area (Å²) in [5.74, 6) is -6.83. The molecule has 0 aliphatic carbocycles. The molecule has 0 saturated heterocycles. The predicted octanol–water partition coefficient (Wildman–Crippen LogP) is 13.5. The molecule has 0 aliphatic heterocycles. The number of hydrogen-bond acceptors (Lipinski definition) is 39. The van der Waals surface area contributed by atoms with Gasteiger partial charge in [-0.1, -0.05) is 43.8 Å². The zero-order valence-corrected chi connectivity index (χ0v) is 79.5. The van der Waals surface area contributed by atoms with Crippen molar-refractivity contribution in [3.8, 4) is 0 Å². The molecule has 7 aromatic carbocycles. The van der Waals surface area contributed by atoms with E-state index in [2.05, 4.69) is 26.3 Å². The number of nitro groups is 9. The number of nitrogens with zero attached hydrogens (tertiary/aromatic N) is 12. The number of aryl methyl sites for hydroxylation is 2. The van der Waals surface area contributed by atoms with Gasteiger partial charge in [0.15, 0.2) is 0 Å². The van der Waals surface area contributed by atoms with Crippen LogP contribution in [0.25, 0.3) is 17.0 Å². The number of nitrogens with one attached hydrogen (secondary N) is 1. The summed E-state index contributed by atoms with van der Waals surface area (Å²) in [4.78, 5) is 188. The first kappa shape index (κ1) is 136. The molecule has 12 N–H and O–H groups in total. The van der Waals surface area contributed by atoms with Gasteiger partial charge in [0.05, 0.1) is 138 Å². The van der Waals surface area contributed by atoms with Gasteiger partial charge in [-0.15, -0.1) is 20.2 Å². The van der Waals surface area contributed by atoms with Crippen LogP contribution in [0.2, 0.25) is 0 Å². The summed E-state index contributed by atoms with van der Waals surface area (Å²) in [5.41, 5.74) is -2.98. The number of benzene rings is 7. The minimum absolute atomic E-state index is 0. The number of carboxylic acid groups (broad SMARTS) is 4. The molecule has 69 heteroatoms. The van der Waals surface area contributed by atoms with E-state index in [0.717, 1.165) is 59.7 Å². The Morgan fingerprint density at radius 3 is 0.884 bits per heavy atom. The number of carbonyl (C=O) groups is 7. The summed E-state index contributed by atoms with van der Waals surface area (Å²) in [6.45, 7) is 14.5. The summed E-state index contributed by atoms with van der Waals surface area (Å²) in [6, 6.07) is 24.8. The quantitative estimate of drug-likeness (QED) is 0.00604. The van der Waals surface area contributed by atoms with Crippen LogP contribution in [0.5, 0.6) is 0 Å². The van der Waals surface area contributed by atoms with Gasteiger partial charge in [-0.2, -0.15) is 16.8 Å². The Hall–Kier alpha value is -15.3. The van der Waals surface area contributed by atoms with Crippen LogP contribution >= 0.6 is 39.2 Å². The third-order valence-electron chi connectivity index (χ3n) is 14.0. The van der Waals surface area contributed by atoms with E-state index in [-0.39, 0.29) is 78.5 Å². The van der Waals surface area contributed by atoms with Crippen LogP contribution in [0, 0.1) is 146 Å². The van der Waals surface area contributed by atoms with Crippen LogP contribution in [0.1, 0.15) is 141 Å². The Morgan fingerprint density at radius 1 is 0.420 bits per heavy atom. The number of ether oxygens (including phenoxy) is 3. The number of halogens is 4. The number of hydrogen-bond donors (Lipinski definition) is 12. The molecule has 0 atom stereocenters. The summed E-state index contributed by atoms with van der Waals surface area (Å²) < 4.78 is 86.6. The summed E-state index contributed by atoms with van der Waals surface area (Å²) >= 11 is -0.826. The molecular weight excluding hydrogens is 2140 g/mol. The molecule has 138 heavy (non-hydrogen) atoms.